The summed E-state index contributed by atoms with van der Waals surface area (Å²) in [5, 5.41) is 5.34. The molecule has 1 aliphatic rings. The Morgan fingerprint density at radius 2 is 2.00 bits per heavy atom. The zero-order valence-corrected chi connectivity index (χ0v) is 12.9. The fourth-order valence-electron chi connectivity index (χ4n) is 2.13. The predicted octanol–water partition coefficient (Wildman–Crippen LogP) is 3.72. The molecule has 19 heavy (non-hydrogen) atoms. The van der Waals surface area contributed by atoms with Crippen LogP contribution >= 0.6 is 11.8 Å². The van der Waals surface area contributed by atoms with Gasteiger partial charge in [-0.1, -0.05) is 55.9 Å². The van der Waals surface area contributed by atoms with Crippen LogP contribution in [0.15, 0.2) is 35.3 Å². The van der Waals surface area contributed by atoms with E-state index in [0.717, 1.165) is 24.6 Å². The Balaban J connectivity index is 1.72. The zero-order valence-electron chi connectivity index (χ0n) is 12.1. The molecule has 104 valence electrons. The van der Waals surface area contributed by atoms with Crippen molar-refractivity contribution in [2.75, 3.05) is 6.54 Å². The Bertz CT molecular complexity index is 414. The van der Waals surface area contributed by atoms with Gasteiger partial charge in [0.1, 0.15) is 0 Å². The Labute approximate surface area is 121 Å². The van der Waals surface area contributed by atoms with Crippen LogP contribution in [-0.2, 0) is 6.42 Å². The first-order valence-electron chi connectivity index (χ1n) is 7.16. The molecular weight excluding hydrogens is 252 g/mol. The Kier molecular flexibility index (Phi) is 5.32. The van der Waals surface area contributed by atoms with Gasteiger partial charge in [0.05, 0.1) is 6.54 Å². The van der Waals surface area contributed by atoms with Crippen molar-refractivity contribution < 1.29 is 0 Å². The van der Waals surface area contributed by atoms with Gasteiger partial charge in [-0.25, -0.2) is 0 Å². The van der Waals surface area contributed by atoms with Crippen LogP contribution in [0.4, 0.5) is 0 Å². The molecule has 0 saturated heterocycles. The number of hydrogen-bond donors (Lipinski definition) is 1. The van der Waals surface area contributed by atoms with Gasteiger partial charge in [-0.05, 0) is 31.2 Å². The second-order valence-corrected chi connectivity index (χ2v) is 6.84. The number of benzene rings is 1. The lowest BCUT2D eigenvalue weighted by molar-refractivity contribution is 0.608. The summed E-state index contributed by atoms with van der Waals surface area (Å²) in [4.78, 5) is 4.60. The molecule has 2 nitrogen and oxygen atoms in total. The normalized spacial score (nSPS) is 20.4. The molecule has 1 aliphatic heterocycles. The predicted molar refractivity (Wildman–Crippen MR) is 85.9 cm³/mol. The molecule has 0 aromatic heterocycles. The first-order chi connectivity index (χ1) is 9.15. The number of hydrogen-bond acceptors (Lipinski definition) is 3. The summed E-state index contributed by atoms with van der Waals surface area (Å²) in [5.41, 5.74) is 1.41. The topological polar surface area (TPSA) is 24.4 Å². The van der Waals surface area contributed by atoms with E-state index in [-0.39, 0.29) is 0 Å². The maximum absolute atomic E-state index is 4.60. The Morgan fingerprint density at radius 1 is 1.26 bits per heavy atom. The van der Waals surface area contributed by atoms with Gasteiger partial charge < -0.3 is 5.32 Å². The molecule has 0 fully saturated rings. The van der Waals surface area contributed by atoms with Crippen molar-refractivity contribution in [2.45, 2.75) is 44.9 Å². The average molecular weight is 276 g/mol. The van der Waals surface area contributed by atoms with Crippen molar-refractivity contribution in [1.82, 2.24) is 5.32 Å². The van der Waals surface area contributed by atoms with Crippen LogP contribution in [0.25, 0.3) is 0 Å². The van der Waals surface area contributed by atoms with E-state index in [2.05, 4.69) is 61.4 Å². The van der Waals surface area contributed by atoms with E-state index in [1.54, 1.807) is 0 Å². The lowest BCUT2D eigenvalue weighted by Crippen LogP contribution is -2.30. The van der Waals surface area contributed by atoms with Crippen molar-refractivity contribution in [3.63, 3.8) is 0 Å². The third-order valence-corrected chi connectivity index (χ3v) is 4.97. The van der Waals surface area contributed by atoms with Crippen molar-refractivity contribution in [3.05, 3.63) is 35.9 Å². The van der Waals surface area contributed by atoms with E-state index in [9.17, 15) is 0 Å². The third-order valence-electron chi connectivity index (χ3n) is 3.50. The largest absolute Gasteiger partial charge is 0.362 e. The molecule has 0 bridgehead atoms. The first kappa shape index (κ1) is 14.4. The minimum atomic E-state index is 0.484. The number of aryl methyl sites for hydroxylation is 1. The fraction of sp³-hybridized carbons (Fsp3) is 0.562. The Morgan fingerprint density at radius 3 is 2.63 bits per heavy atom. The Hall–Kier alpha value is -0.960. The number of aliphatic imine (C=N–C) groups is 1. The highest BCUT2D eigenvalue weighted by Gasteiger charge is 2.23. The minimum Gasteiger partial charge on any atom is -0.362 e. The van der Waals surface area contributed by atoms with E-state index < -0.39 is 0 Å². The molecule has 0 amide bonds. The molecule has 0 radical (unpaired) electrons. The second kappa shape index (κ2) is 6.99. The molecule has 2 atom stereocenters. The molecule has 1 heterocycles. The number of nitrogens with zero attached hydrogens (tertiary/aromatic N) is 1. The van der Waals surface area contributed by atoms with Crippen LogP contribution < -0.4 is 5.32 Å². The highest BCUT2D eigenvalue weighted by Crippen LogP contribution is 2.26. The van der Waals surface area contributed by atoms with Crippen LogP contribution in [0.5, 0.6) is 0 Å². The quantitative estimate of drug-likeness (QED) is 0.886. The summed E-state index contributed by atoms with van der Waals surface area (Å²) in [5.74, 6) is 0.702. The number of nitrogens with one attached hydrogen (secondary N) is 1. The number of rotatable bonds is 5. The molecule has 1 N–H and O–H groups in total. The second-order valence-electron chi connectivity index (χ2n) is 5.62. The van der Waals surface area contributed by atoms with Crippen LogP contribution in [0, 0.1) is 5.92 Å². The van der Waals surface area contributed by atoms with Crippen molar-refractivity contribution in [2.24, 2.45) is 10.9 Å². The van der Waals surface area contributed by atoms with Crippen molar-refractivity contribution >= 4 is 16.9 Å². The van der Waals surface area contributed by atoms with Crippen molar-refractivity contribution in [3.8, 4) is 0 Å². The van der Waals surface area contributed by atoms with E-state index in [1.807, 2.05) is 11.8 Å². The fourth-order valence-corrected chi connectivity index (χ4v) is 3.25. The monoisotopic (exact) mass is 276 g/mol. The van der Waals surface area contributed by atoms with E-state index in [0.29, 0.717) is 17.2 Å². The summed E-state index contributed by atoms with van der Waals surface area (Å²) in [6, 6.07) is 11.2. The SMILES string of the molecule is CC(CCc1ccccc1)NC1=NCC(C(C)C)S1. The average Bonchev–Trinajstić information content (AvgIpc) is 2.86. The molecule has 1 aromatic carbocycles. The lowest BCUT2D eigenvalue weighted by atomic mass is 10.1. The van der Waals surface area contributed by atoms with Crippen LogP contribution in [0.2, 0.25) is 0 Å². The molecule has 2 rings (SSSR count). The van der Waals surface area contributed by atoms with Crippen LogP contribution in [0.1, 0.15) is 32.8 Å². The number of amidine groups is 1. The summed E-state index contributed by atoms with van der Waals surface area (Å²) >= 11 is 1.91. The standard InChI is InChI=1S/C16H24N2S/c1-12(2)15-11-17-16(19-15)18-13(3)9-10-14-7-5-4-6-8-14/h4-8,12-13,15H,9-11H2,1-3H3,(H,17,18). The van der Waals surface area contributed by atoms with Crippen LogP contribution in [0.3, 0.4) is 0 Å². The first-order valence-corrected chi connectivity index (χ1v) is 8.04. The highest BCUT2D eigenvalue weighted by molar-refractivity contribution is 8.14. The van der Waals surface area contributed by atoms with Gasteiger partial charge in [0.15, 0.2) is 5.17 Å². The van der Waals surface area contributed by atoms with E-state index in [4.69, 9.17) is 0 Å². The molecule has 1 aromatic rings. The molecule has 3 heteroatoms. The lowest BCUT2D eigenvalue weighted by Gasteiger charge is -2.16. The maximum Gasteiger partial charge on any atom is 0.157 e. The van der Waals surface area contributed by atoms with E-state index in [1.165, 1.54) is 5.56 Å². The van der Waals surface area contributed by atoms with Gasteiger partial charge in [0, 0.05) is 11.3 Å². The minimum absolute atomic E-state index is 0.484. The van der Waals surface area contributed by atoms with Crippen molar-refractivity contribution in [1.29, 1.82) is 0 Å². The summed E-state index contributed by atoms with van der Waals surface area (Å²) in [7, 11) is 0. The van der Waals surface area contributed by atoms with Gasteiger partial charge in [-0.2, -0.15) is 0 Å². The summed E-state index contributed by atoms with van der Waals surface area (Å²) < 4.78 is 0. The molecule has 2 unspecified atom stereocenters. The molecule has 0 spiro atoms. The molecule has 0 aliphatic carbocycles. The third kappa shape index (κ3) is 4.57. The summed E-state index contributed by atoms with van der Waals surface area (Å²) in [6.45, 7) is 7.76. The highest BCUT2D eigenvalue weighted by atomic mass is 32.2. The number of thioether (sulfide) groups is 1. The van der Waals surface area contributed by atoms with Gasteiger partial charge >= 0.3 is 0 Å². The molecular formula is C16H24N2S. The molecule has 0 saturated carbocycles. The van der Waals surface area contributed by atoms with Gasteiger partial charge in [-0.3, -0.25) is 4.99 Å². The summed E-state index contributed by atoms with van der Waals surface area (Å²) in [6.07, 6.45) is 2.27. The van der Waals surface area contributed by atoms with Gasteiger partial charge in [-0.15, -0.1) is 0 Å². The van der Waals surface area contributed by atoms with Gasteiger partial charge in [0.2, 0.25) is 0 Å². The van der Waals surface area contributed by atoms with Crippen LogP contribution in [-0.4, -0.2) is 23.0 Å². The zero-order chi connectivity index (χ0) is 13.7. The van der Waals surface area contributed by atoms with Gasteiger partial charge in [0.25, 0.3) is 0 Å². The van der Waals surface area contributed by atoms with E-state index >= 15 is 0 Å². The smallest absolute Gasteiger partial charge is 0.157 e. The maximum atomic E-state index is 4.60.